The Kier molecular flexibility index (Phi) is 4.33. The van der Waals surface area contributed by atoms with Gasteiger partial charge in [-0.3, -0.25) is 0 Å². The summed E-state index contributed by atoms with van der Waals surface area (Å²) in [6.07, 6.45) is 2.73. The van der Waals surface area contributed by atoms with Crippen LogP contribution in [0.4, 0.5) is 0 Å². The second kappa shape index (κ2) is 6.00. The number of aryl methyl sites for hydroxylation is 1. The van der Waals surface area contributed by atoms with Crippen LogP contribution < -0.4 is 0 Å². The van der Waals surface area contributed by atoms with Crippen LogP contribution in [-0.4, -0.2) is 10.2 Å². The monoisotopic (exact) mass is 270 g/mol. The van der Waals surface area contributed by atoms with Crippen molar-refractivity contribution in [1.29, 1.82) is 0 Å². The highest BCUT2D eigenvalue weighted by atomic mass is 16.3. The van der Waals surface area contributed by atoms with E-state index >= 15 is 0 Å². The van der Waals surface area contributed by atoms with E-state index in [2.05, 4.69) is 26.8 Å². The molecule has 2 N–H and O–H groups in total. The summed E-state index contributed by atoms with van der Waals surface area (Å²) in [6, 6.07) is 9.07. The fourth-order valence-corrected chi connectivity index (χ4v) is 2.83. The van der Waals surface area contributed by atoms with Crippen LogP contribution in [0.2, 0.25) is 0 Å². The van der Waals surface area contributed by atoms with Crippen LogP contribution in [0.5, 0.6) is 11.5 Å². The van der Waals surface area contributed by atoms with Gasteiger partial charge in [-0.1, -0.05) is 32.9 Å². The maximum Gasteiger partial charge on any atom is 0.126 e. The molecule has 2 nitrogen and oxygen atoms in total. The van der Waals surface area contributed by atoms with Crippen molar-refractivity contribution in [3.63, 3.8) is 0 Å². The van der Waals surface area contributed by atoms with Crippen LogP contribution >= 0.6 is 0 Å². The first-order chi connectivity index (χ1) is 9.62. The van der Waals surface area contributed by atoms with Gasteiger partial charge in [0.1, 0.15) is 11.5 Å². The second-order valence-corrected chi connectivity index (χ2v) is 5.00. The summed E-state index contributed by atoms with van der Waals surface area (Å²) in [6.45, 7) is 6.35. The first-order valence-corrected chi connectivity index (χ1v) is 7.28. The Morgan fingerprint density at radius 2 is 1.40 bits per heavy atom. The molecule has 0 aliphatic rings. The molecule has 0 saturated heterocycles. The third kappa shape index (κ3) is 2.51. The summed E-state index contributed by atoms with van der Waals surface area (Å²) < 4.78 is 0. The molecule has 20 heavy (non-hydrogen) atoms. The highest BCUT2D eigenvalue weighted by molar-refractivity contribution is 5.74. The van der Waals surface area contributed by atoms with Crippen LogP contribution in [0.3, 0.4) is 0 Å². The third-order valence-electron chi connectivity index (χ3n) is 3.88. The Balaban J connectivity index is 2.67. The zero-order chi connectivity index (χ0) is 14.7. The predicted octanol–water partition coefficient (Wildman–Crippen LogP) is 4.45. The van der Waals surface area contributed by atoms with Gasteiger partial charge < -0.3 is 10.2 Å². The van der Waals surface area contributed by atoms with E-state index in [9.17, 15) is 10.2 Å². The van der Waals surface area contributed by atoms with Gasteiger partial charge in [-0.15, -0.1) is 0 Å². The minimum atomic E-state index is 0.241. The van der Waals surface area contributed by atoms with E-state index < -0.39 is 0 Å². The Labute approximate surface area is 120 Å². The first-order valence-electron chi connectivity index (χ1n) is 7.28. The van der Waals surface area contributed by atoms with Crippen LogP contribution in [0, 0.1) is 0 Å². The summed E-state index contributed by atoms with van der Waals surface area (Å²) in [5.74, 6) is 0.622. The number of benzene rings is 2. The molecular formula is C18H22O2. The van der Waals surface area contributed by atoms with E-state index in [1.165, 1.54) is 11.1 Å². The number of aromatic hydroxyl groups is 2. The summed E-state index contributed by atoms with van der Waals surface area (Å²) in [5.41, 5.74) is 5.42. The molecule has 0 aliphatic heterocycles. The molecule has 2 rings (SSSR count). The van der Waals surface area contributed by atoms with Crippen LogP contribution in [0.25, 0.3) is 11.1 Å². The minimum absolute atomic E-state index is 0.241. The van der Waals surface area contributed by atoms with Gasteiger partial charge in [-0.05, 0) is 59.7 Å². The molecule has 2 aromatic rings. The van der Waals surface area contributed by atoms with Crippen molar-refractivity contribution < 1.29 is 10.2 Å². The molecule has 0 aromatic heterocycles. The highest BCUT2D eigenvalue weighted by Crippen LogP contribution is 2.37. The molecule has 0 bridgehead atoms. The fourth-order valence-electron chi connectivity index (χ4n) is 2.83. The topological polar surface area (TPSA) is 40.5 Å². The van der Waals surface area contributed by atoms with Crippen LogP contribution in [0.15, 0.2) is 30.3 Å². The molecule has 0 amide bonds. The Morgan fingerprint density at radius 1 is 0.800 bits per heavy atom. The quantitative estimate of drug-likeness (QED) is 0.861. The van der Waals surface area contributed by atoms with Crippen molar-refractivity contribution in [2.24, 2.45) is 0 Å². The third-order valence-corrected chi connectivity index (χ3v) is 3.88. The van der Waals surface area contributed by atoms with E-state index in [1.54, 1.807) is 12.1 Å². The van der Waals surface area contributed by atoms with Crippen molar-refractivity contribution >= 4 is 0 Å². The summed E-state index contributed by atoms with van der Waals surface area (Å²) >= 11 is 0. The molecule has 0 radical (unpaired) electrons. The molecule has 0 heterocycles. The molecule has 0 spiro atoms. The number of rotatable bonds is 4. The summed E-state index contributed by atoms with van der Waals surface area (Å²) in [5, 5.41) is 20.0. The summed E-state index contributed by atoms with van der Waals surface area (Å²) in [4.78, 5) is 0. The summed E-state index contributed by atoms with van der Waals surface area (Å²) in [7, 11) is 0. The number of hydrogen-bond donors (Lipinski definition) is 2. The average molecular weight is 270 g/mol. The Hall–Kier alpha value is -1.96. The second-order valence-electron chi connectivity index (χ2n) is 5.00. The maximum absolute atomic E-state index is 10.6. The number of phenols is 2. The first kappa shape index (κ1) is 14.4. The minimum Gasteiger partial charge on any atom is -0.508 e. The predicted molar refractivity (Wildman–Crippen MR) is 83.3 cm³/mol. The van der Waals surface area contributed by atoms with Gasteiger partial charge in [0, 0.05) is 5.56 Å². The molecule has 2 aromatic carbocycles. The highest BCUT2D eigenvalue weighted by Gasteiger charge is 2.15. The van der Waals surface area contributed by atoms with E-state index in [0.717, 1.165) is 36.0 Å². The maximum atomic E-state index is 10.6. The van der Waals surface area contributed by atoms with Gasteiger partial charge in [0.25, 0.3) is 0 Å². The Bertz CT molecular complexity index is 598. The zero-order valence-corrected chi connectivity index (χ0v) is 12.4. The van der Waals surface area contributed by atoms with Gasteiger partial charge in [-0.25, -0.2) is 0 Å². The molecule has 2 heteroatoms. The average Bonchev–Trinajstić information content (AvgIpc) is 2.47. The smallest absolute Gasteiger partial charge is 0.126 e. The van der Waals surface area contributed by atoms with Crippen molar-refractivity contribution in [3.05, 3.63) is 47.0 Å². The van der Waals surface area contributed by atoms with E-state index in [-0.39, 0.29) is 5.75 Å². The molecule has 0 unspecified atom stereocenters. The lowest BCUT2D eigenvalue weighted by Crippen LogP contribution is -2.00. The van der Waals surface area contributed by atoms with Gasteiger partial charge >= 0.3 is 0 Å². The Morgan fingerprint density at radius 3 is 1.90 bits per heavy atom. The van der Waals surface area contributed by atoms with Gasteiger partial charge in [0.15, 0.2) is 0 Å². The van der Waals surface area contributed by atoms with Gasteiger partial charge in [0.05, 0.1) is 0 Å². The lowest BCUT2D eigenvalue weighted by atomic mass is 9.89. The largest absolute Gasteiger partial charge is 0.508 e. The number of phenolic OH excluding ortho intramolecular Hbond substituents is 2. The normalized spacial score (nSPS) is 10.8. The number of hydrogen-bond acceptors (Lipinski definition) is 2. The molecular weight excluding hydrogens is 248 g/mol. The molecule has 106 valence electrons. The van der Waals surface area contributed by atoms with Crippen LogP contribution in [-0.2, 0) is 19.3 Å². The SMILES string of the molecule is CCc1cc(-c2ccc(O)cc2)c(O)c(CC)c1CC. The van der Waals surface area contributed by atoms with E-state index in [1.807, 2.05) is 12.1 Å². The van der Waals surface area contributed by atoms with E-state index in [0.29, 0.717) is 5.75 Å². The van der Waals surface area contributed by atoms with Crippen molar-refractivity contribution in [2.75, 3.05) is 0 Å². The fraction of sp³-hybridized carbons (Fsp3) is 0.333. The zero-order valence-electron chi connectivity index (χ0n) is 12.4. The van der Waals surface area contributed by atoms with Crippen LogP contribution in [0.1, 0.15) is 37.5 Å². The van der Waals surface area contributed by atoms with E-state index in [4.69, 9.17) is 0 Å². The van der Waals surface area contributed by atoms with Gasteiger partial charge in [0.2, 0.25) is 0 Å². The molecule has 0 saturated carbocycles. The molecule has 0 fully saturated rings. The van der Waals surface area contributed by atoms with Crippen molar-refractivity contribution in [2.45, 2.75) is 40.0 Å². The van der Waals surface area contributed by atoms with Crippen molar-refractivity contribution in [1.82, 2.24) is 0 Å². The van der Waals surface area contributed by atoms with Crippen molar-refractivity contribution in [3.8, 4) is 22.6 Å². The molecule has 0 aliphatic carbocycles. The standard InChI is InChI=1S/C18H22O2/c1-4-12-11-17(13-7-9-14(19)10-8-13)18(20)16(6-3)15(12)5-2/h7-11,19-20H,4-6H2,1-3H3. The lowest BCUT2D eigenvalue weighted by molar-refractivity contribution is 0.469. The lowest BCUT2D eigenvalue weighted by Gasteiger charge is -2.17. The van der Waals surface area contributed by atoms with Gasteiger partial charge in [-0.2, -0.15) is 0 Å². The molecule has 0 atom stereocenters.